The summed E-state index contributed by atoms with van der Waals surface area (Å²) in [6, 6.07) is 9.34. The molecule has 0 aliphatic carbocycles. The summed E-state index contributed by atoms with van der Waals surface area (Å²) in [5, 5.41) is 0. The summed E-state index contributed by atoms with van der Waals surface area (Å²) in [5.41, 5.74) is 8.63. The van der Waals surface area contributed by atoms with Gasteiger partial charge in [0.25, 0.3) is 0 Å². The molecule has 0 radical (unpaired) electrons. The van der Waals surface area contributed by atoms with E-state index in [0.29, 0.717) is 6.04 Å². The first-order valence-electron chi connectivity index (χ1n) is 6.99. The molecule has 0 aromatic heterocycles. The third-order valence-corrected chi connectivity index (χ3v) is 3.87. The fourth-order valence-corrected chi connectivity index (χ4v) is 2.86. The molecule has 0 bridgehead atoms. The molecule has 1 aromatic rings. The van der Waals surface area contributed by atoms with Crippen LogP contribution in [0, 0.1) is 0 Å². The second-order valence-corrected chi connectivity index (χ2v) is 5.17. The summed E-state index contributed by atoms with van der Waals surface area (Å²) in [6.45, 7) is 6.36. The fourth-order valence-electron chi connectivity index (χ4n) is 2.86. The van der Waals surface area contributed by atoms with Crippen LogP contribution in [0.2, 0.25) is 0 Å². The van der Waals surface area contributed by atoms with E-state index in [-0.39, 0.29) is 0 Å². The number of anilines is 1. The van der Waals surface area contributed by atoms with Crippen LogP contribution in [0.1, 0.15) is 18.9 Å². The lowest BCUT2D eigenvalue weighted by molar-refractivity contribution is 0.261. The number of hydrogen-bond donors (Lipinski definition) is 1. The lowest BCUT2D eigenvalue weighted by atomic mass is 10.0. The predicted molar refractivity (Wildman–Crippen MR) is 78.1 cm³/mol. The van der Waals surface area contributed by atoms with Crippen molar-refractivity contribution in [3.63, 3.8) is 0 Å². The largest absolute Gasteiger partial charge is 0.366 e. The molecule has 1 aliphatic heterocycles. The fraction of sp³-hybridized carbons (Fsp3) is 0.600. The normalized spacial score (nSPS) is 21.3. The quantitative estimate of drug-likeness (QED) is 0.879. The molecular formula is C15H25N3. The van der Waals surface area contributed by atoms with Crippen LogP contribution in [0.3, 0.4) is 0 Å². The zero-order chi connectivity index (χ0) is 13.0. The SMILES string of the molecule is CCc1ccccc1N1CCN(C)CC1CCN. The highest BCUT2D eigenvalue weighted by atomic mass is 15.3. The number of para-hydroxylation sites is 1. The zero-order valence-electron chi connectivity index (χ0n) is 11.6. The molecule has 18 heavy (non-hydrogen) atoms. The first-order valence-corrected chi connectivity index (χ1v) is 6.99. The molecule has 2 N–H and O–H groups in total. The van der Waals surface area contributed by atoms with Crippen molar-refractivity contribution in [3.05, 3.63) is 29.8 Å². The third kappa shape index (κ3) is 2.85. The van der Waals surface area contributed by atoms with Gasteiger partial charge < -0.3 is 15.5 Å². The van der Waals surface area contributed by atoms with Gasteiger partial charge >= 0.3 is 0 Å². The van der Waals surface area contributed by atoms with E-state index in [0.717, 1.165) is 39.0 Å². The van der Waals surface area contributed by atoms with Crippen molar-refractivity contribution >= 4 is 5.69 Å². The summed E-state index contributed by atoms with van der Waals surface area (Å²) in [6.07, 6.45) is 2.17. The summed E-state index contributed by atoms with van der Waals surface area (Å²) in [7, 11) is 2.20. The summed E-state index contributed by atoms with van der Waals surface area (Å²) >= 11 is 0. The molecule has 3 heteroatoms. The maximum Gasteiger partial charge on any atom is 0.0429 e. The summed E-state index contributed by atoms with van der Waals surface area (Å²) in [4.78, 5) is 4.97. The van der Waals surface area contributed by atoms with E-state index < -0.39 is 0 Å². The van der Waals surface area contributed by atoms with Crippen LogP contribution >= 0.6 is 0 Å². The van der Waals surface area contributed by atoms with Gasteiger partial charge in [0.15, 0.2) is 0 Å². The predicted octanol–water partition coefficient (Wildman–Crippen LogP) is 1.72. The van der Waals surface area contributed by atoms with Gasteiger partial charge in [-0.25, -0.2) is 0 Å². The van der Waals surface area contributed by atoms with Gasteiger partial charge in [0.1, 0.15) is 0 Å². The molecule has 1 unspecified atom stereocenters. The number of benzene rings is 1. The second kappa shape index (κ2) is 6.21. The number of piperazine rings is 1. The maximum atomic E-state index is 5.77. The number of likely N-dealkylation sites (N-methyl/N-ethyl adjacent to an activating group) is 1. The van der Waals surface area contributed by atoms with E-state index in [2.05, 4.69) is 48.0 Å². The van der Waals surface area contributed by atoms with Crippen molar-refractivity contribution in [2.24, 2.45) is 5.73 Å². The Morgan fingerprint density at radius 3 is 2.78 bits per heavy atom. The van der Waals surface area contributed by atoms with E-state index in [1.807, 2.05) is 0 Å². The van der Waals surface area contributed by atoms with Gasteiger partial charge in [0, 0.05) is 31.4 Å². The standard InChI is InChI=1S/C15H25N3/c1-3-13-6-4-5-7-15(13)18-11-10-17(2)12-14(18)8-9-16/h4-7,14H,3,8-12,16H2,1-2H3. The Morgan fingerprint density at radius 2 is 2.06 bits per heavy atom. The van der Waals surface area contributed by atoms with Crippen LogP contribution in [0.5, 0.6) is 0 Å². The van der Waals surface area contributed by atoms with Gasteiger partial charge in [-0.05, 0) is 38.1 Å². The average Bonchev–Trinajstić information content (AvgIpc) is 2.39. The minimum Gasteiger partial charge on any atom is -0.366 e. The van der Waals surface area contributed by atoms with Crippen molar-refractivity contribution < 1.29 is 0 Å². The van der Waals surface area contributed by atoms with Crippen molar-refractivity contribution in [2.45, 2.75) is 25.8 Å². The van der Waals surface area contributed by atoms with Crippen LogP contribution in [-0.4, -0.2) is 44.2 Å². The van der Waals surface area contributed by atoms with Crippen molar-refractivity contribution in [1.82, 2.24) is 4.90 Å². The zero-order valence-corrected chi connectivity index (χ0v) is 11.6. The highest BCUT2D eigenvalue weighted by Crippen LogP contribution is 2.26. The summed E-state index contributed by atoms with van der Waals surface area (Å²) < 4.78 is 0. The lowest BCUT2D eigenvalue weighted by Gasteiger charge is -2.42. The van der Waals surface area contributed by atoms with E-state index in [1.165, 1.54) is 11.3 Å². The first-order chi connectivity index (χ1) is 8.76. The minimum absolute atomic E-state index is 0.557. The molecule has 1 heterocycles. The molecule has 0 spiro atoms. The van der Waals surface area contributed by atoms with Crippen LogP contribution < -0.4 is 10.6 Å². The topological polar surface area (TPSA) is 32.5 Å². The molecular weight excluding hydrogens is 222 g/mol. The Labute approximate surface area is 111 Å². The van der Waals surface area contributed by atoms with Crippen molar-refractivity contribution in [1.29, 1.82) is 0 Å². The second-order valence-electron chi connectivity index (χ2n) is 5.17. The monoisotopic (exact) mass is 247 g/mol. The lowest BCUT2D eigenvalue weighted by Crippen LogP contribution is -2.52. The number of aryl methyl sites for hydroxylation is 1. The van der Waals surface area contributed by atoms with E-state index >= 15 is 0 Å². The van der Waals surface area contributed by atoms with Crippen molar-refractivity contribution in [3.8, 4) is 0 Å². The van der Waals surface area contributed by atoms with Gasteiger partial charge in [-0.2, -0.15) is 0 Å². The summed E-state index contributed by atoms with van der Waals surface area (Å²) in [5.74, 6) is 0. The Balaban J connectivity index is 2.23. The minimum atomic E-state index is 0.557. The van der Waals surface area contributed by atoms with E-state index in [1.54, 1.807) is 0 Å². The van der Waals surface area contributed by atoms with Crippen LogP contribution in [-0.2, 0) is 6.42 Å². The molecule has 1 atom stereocenters. The molecule has 1 fully saturated rings. The number of nitrogens with zero attached hydrogens (tertiary/aromatic N) is 2. The van der Waals surface area contributed by atoms with Crippen LogP contribution in [0.4, 0.5) is 5.69 Å². The number of rotatable bonds is 4. The van der Waals surface area contributed by atoms with Crippen LogP contribution in [0.25, 0.3) is 0 Å². The van der Waals surface area contributed by atoms with Crippen molar-refractivity contribution in [2.75, 3.05) is 38.1 Å². The molecule has 0 saturated carbocycles. The van der Waals surface area contributed by atoms with Crippen LogP contribution in [0.15, 0.2) is 24.3 Å². The molecule has 100 valence electrons. The van der Waals surface area contributed by atoms with Gasteiger partial charge in [-0.3, -0.25) is 0 Å². The molecule has 0 amide bonds. The molecule has 3 nitrogen and oxygen atoms in total. The average molecular weight is 247 g/mol. The molecule has 1 aliphatic rings. The van der Waals surface area contributed by atoms with E-state index in [9.17, 15) is 0 Å². The Hall–Kier alpha value is -1.06. The number of nitrogens with two attached hydrogens (primary N) is 1. The van der Waals surface area contributed by atoms with Gasteiger partial charge in [0.05, 0.1) is 0 Å². The van der Waals surface area contributed by atoms with Gasteiger partial charge in [-0.15, -0.1) is 0 Å². The molecule has 2 rings (SSSR count). The smallest absolute Gasteiger partial charge is 0.0429 e. The first kappa shape index (κ1) is 13.4. The maximum absolute atomic E-state index is 5.77. The Bertz CT molecular complexity index is 378. The highest BCUT2D eigenvalue weighted by Gasteiger charge is 2.25. The van der Waals surface area contributed by atoms with Gasteiger partial charge in [0.2, 0.25) is 0 Å². The third-order valence-electron chi connectivity index (χ3n) is 3.87. The highest BCUT2D eigenvalue weighted by molar-refractivity contribution is 5.55. The Morgan fingerprint density at radius 1 is 1.28 bits per heavy atom. The van der Waals surface area contributed by atoms with E-state index in [4.69, 9.17) is 5.73 Å². The molecule has 1 saturated heterocycles. The molecule has 1 aromatic carbocycles. The Kier molecular flexibility index (Phi) is 4.61. The number of hydrogen-bond acceptors (Lipinski definition) is 3. The van der Waals surface area contributed by atoms with Gasteiger partial charge in [-0.1, -0.05) is 25.1 Å².